The zero-order chi connectivity index (χ0) is 43.3. The Morgan fingerprint density at radius 1 is 0.677 bits per heavy atom. The van der Waals surface area contributed by atoms with E-state index in [4.69, 9.17) is 35.8 Å². The van der Waals surface area contributed by atoms with Gasteiger partial charge in [-0.15, -0.1) is 12.4 Å². The van der Waals surface area contributed by atoms with Crippen LogP contribution >= 0.6 is 24.0 Å². The van der Waals surface area contributed by atoms with Crippen molar-refractivity contribution in [1.82, 2.24) is 25.3 Å². The molecular weight excluding hydrogens is 841 g/mol. The number of piperidine rings is 2. The maximum Gasteiger partial charge on any atom is 0.337 e. The van der Waals surface area contributed by atoms with Crippen LogP contribution in [0.4, 0.5) is 14.6 Å². The summed E-state index contributed by atoms with van der Waals surface area (Å²) in [5, 5.41) is 3.52. The number of hydrogen-bond donors (Lipinski definition) is 1. The molecule has 62 heavy (non-hydrogen) atoms. The number of ether oxygens (including phenoxy) is 4. The van der Waals surface area contributed by atoms with E-state index in [9.17, 15) is 18.4 Å². The molecule has 1 N–H and O–H groups in total. The number of rotatable bonds is 9. The summed E-state index contributed by atoms with van der Waals surface area (Å²) in [6.07, 6.45) is 4.78. The van der Waals surface area contributed by atoms with Gasteiger partial charge in [0.1, 0.15) is 23.0 Å². The summed E-state index contributed by atoms with van der Waals surface area (Å²) in [6.45, 7) is 5.61. The standard InChI is InChI=1S/C23H24FN3O3.C16H10ClFN2O2.C7H15NO.ClH/c1-29-14-15-4-3-11-27(13-15)22-21(16-5-8-18(24)9-6-16)25-19-10-7-17(23(28)30-2)12-20(19)26-22;1-22-16(21)10-4-7-12-13(8-10)20-15(17)14(19-12)9-2-5-11(18)6-3-9;1-9-6-7-3-2-4-8-5-7;/h5-10,12,15H,3-4,11,13-14H2,1-2H3;2-8H,1H3;7-8H,2-6H2,1H3;1H. The normalized spacial score (nSPS) is 16.0. The number of aromatic nitrogens is 4. The molecule has 2 atom stereocenters. The lowest BCUT2D eigenvalue weighted by Crippen LogP contribution is -2.38. The summed E-state index contributed by atoms with van der Waals surface area (Å²) in [7, 11) is 6.15. The van der Waals surface area contributed by atoms with Gasteiger partial charge in [-0.3, -0.25) is 0 Å². The van der Waals surface area contributed by atoms with Crippen molar-refractivity contribution in [1.29, 1.82) is 0 Å². The van der Waals surface area contributed by atoms with Crippen molar-refractivity contribution in [3.8, 4) is 22.5 Å². The van der Waals surface area contributed by atoms with Crippen LogP contribution in [0.5, 0.6) is 0 Å². The van der Waals surface area contributed by atoms with Crippen LogP contribution in [0.2, 0.25) is 5.15 Å². The van der Waals surface area contributed by atoms with Gasteiger partial charge >= 0.3 is 11.9 Å². The molecule has 2 aliphatic heterocycles. The van der Waals surface area contributed by atoms with Crippen molar-refractivity contribution in [3.05, 3.63) is 113 Å². The lowest BCUT2D eigenvalue weighted by atomic mass is 9.98. The molecule has 4 heterocycles. The fraction of sp³-hybridized carbons (Fsp3) is 0.348. The van der Waals surface area contributed by atoms with Crippen LogP contribution in [0.25, 0.3) is 44.6 Å². The van der Waals surface area contributed by atoms with Crippen molar-refractivity contribution in [2.45, 2.75) is 25.7 Å². The van der Waals surface area contributed by atoms with Crippen LogP contribution in [-0.2, 0) is 18.9 Å². The second kappa shape index (κ2) is 23.2. The van der Waals surface area contributed by atoms with E-state index >= 15 is 0 Å². The molecule has 2 saturated heterocycles. The smallest absolute Gasteiger partial charge is 0.337 e. The third-order valence-corrected chi connectivity index (χ3v) is 10.6. The van der Waals surface area contributed by atoms with E-state index in [0.717, 1.165) is 56.4 Å². The van der Waals surface area contributed by atoms with Crippen molar-refractivity contribution >= 4 is 63.8 Å². The Bertz CT molecular complexity index is 2420. The molecular formula is C46H50Cl2F2N6O6. The van der Waals surface area contributed by atoms with E-state index in [-0.39, 0.29) is 29.2 Å². The predicted octanol–water partition coefficient (Wildman–Crippen LogP) is 9.02. The van der Waals surface area contributed by atoms with Gasteiger partial charge < -0.3 is 29.2 Å². The Morgan fingerprint density at radius 2 is 1.19 bits per heavy atom. The van der Waals surface area contributed by atoms with Crippen molar-refractivity contribution in [3.63, 3.8) is 0 Å². The van der Waals surface area contributed by atoms with Gasteiger partial charge in [0.2, 0.25) is 0 Å². The fourth-order valence-corrected chi connectivity index (χ4v) is 7.55. The van der Waals surface area contributed by atoms with E-state index < -0.39 is 11.9 Å². The van der Waals surface area contributed by atoms with Crippen LogP contribution in [0.3, 0.4) is 0 Å². The summed E-state index contributed by atoms with van der Waals surface area (Å²) in [5.41, 5.74) is 5.76. The van der Waals surface area contributed by atoms with Crippen LogP contribution in [0.1, 0.15) is 46.4 Å². The van der Waals surface area contributed by atoms with Gasteiger partial charge in [-0.25, -0.2) is 38.3 Å². The van der Waals surface area contributed by atoms with Crippen molar-refractivity contribution in [2.75, 3.05) is 72.7 Å². The second-order valence-electron chi connectivity index (χ2n) is 14.7. The quantitative estimate of drug-likeness (QED) is 0.139. The van der Waals surface area contributed by atoms with Gasteiger partial charge in [-0.1, -0.05) is 11.6 Å². The first-order valence-electron chi connectivity index (χ1n) is 20.0. The molecule has 0 spiro atoms. The largest absolute Gasteiger partial charge is 0.465 e. The molecule has 16 heteroatoms. The molecule has 2 unspecified atom stereocenters. The van der Waals surface area contributed by atoms with E-state index in [1.54, 1.807) is 74.9 Å². The number of esters is 2. The lowest BCUT2D eigenvalue weighted by Gasteiger charge is -2.34. The number of benzene rings is 4. The molecule has 0 saturated carbocycles. The molecule has 0 aliphatic carbocycles. The number of nitrogens with zero attached hydrogens (tertiary/aromatic N) is 5. The number of fused-ring (bicyclic) bond motifs is 2. The van der Waals surface area contributed by atoms with Crippen LogP contribution in [0, 0.1) is 23.5 Å². The first kappa shape index (κ1) is 47.7. The van der Waals surface area contributed by atoms with E-state index in [0.29, 0.717) is 62.7 Å². The number of carbonyl (C=O) groups excluding carboxylic acids is 2. The molecule has 6 aromatic rings. The van der Waals surface area contributed by atoms with Crippen molar-refractivity contribution in [2.24, 2.45) is 11.8 Å². The summed E-state index contributed by atoms with van der Waals surface area (Å²) < 4.78 is 46.4. The van der Waals surface area contributed by atoms with E-state index in [1.807, 2.05) is 0 Å². The first-order valence-corrected chi connectivity index (χ1v) is 20.4. The molecule has 0 amide bonds. The molecule has 12 nitrogen and oxygen atoms in total. The minimum Gasteiger partial charge on any atom is -0.465 e. The predicted molar refractivity (Wildman–Crippen MR) is 239 cm³/mol. The highest BCUT2D eigenvalue weighted by atomic mass is 35.5. The molecule has 0 radical (unpaired) electrons. The number of halogens is 4. The molecule has 2 fully saturated rings. The number of nitrogens with one attached hydrogen (secondary N) is 1. The Kier molecular flexibility index (Phi) is 17.8. The third-order valence-electron chi connectivity index (χ3n) is 10.4. The number of anilines is 1. The average Bonchev–Trinajstić information content (AvgIpc) is 3.29. The molecule has 0 bridgehead atoms. The maximum atomic E-state index is 13.5. The SMILES string of the molecule is COC(=O)c1ccc2nc(-c3ccc(F)cc3)c(Cl)nc2c1.COCC1CCCN(c2nc3cc(C(=O)OC)ccc3nc2-c2ccc(F)cc2)C1.COCC1CCCNC1.Cl. The van der Waals surface area contributed by atoms with E-state index in [1.165, 1.54) is 57.9 Å². The fourth-order valence-electron chi connectivity index (χ4n) is 7.31. The molecule has 328 valence electrons. The van der Waals surface area contributed by atoms with Crippen LogP contribution in [0.15, 0.2) is 84.9 Å². The van der Waals surface area contributed by atoms with E-state index in [2.05, 4.69) is 24.9 Å². The Labute approximate surface area is 370 Å². The van der Waals surface area contributed by atoms with Crippen molar-refractivity contribution < 1.29 is 37.3 Å². The van der Waals surface area contributed by atoms with Crippen LogP contribution in [-0.4, -0.2) is 99.7 Å². The zero-order valence-electron chi connectivity index (χ0n) is 35.0. The maximum absolute atomic E-state index is 13.5. The Morgan fingerprint density at radius 3 is 1.73 bits per heavy atom. The average molecular weight is 892 g/mol. The van der Waals surface area contributed by atoms with Gasteiger partial charge in [0.05, 0.1) is 60.6 Å². The molecule has 4 aromatic carbocycles. The lowest BCUT2D eigenvalue weighted by molar-refractivity contribution is 0.0592. The first-order chi connectivity index (χ1) is 29.6. The summed E-state index contributed by atoms with van der Waals surface area (Å²) in [6, 6.07) is 22.1. The topological polar surface area (TPSA) is 138 Å². The Hall–Kier alpha value is -5.38. The minimum absolute atomic E-state index is 0. The van der Waals surface area contributed by atoms with Gasteiger partial charge in [-0.05, 0) is 129 Å². The molecule has 2 aromatic heterocycles. The summed E-state index contributed by atoms with van der Waals surface area (Å²) >= 11 is 6.16. The zero-order valence-corrected chi connectivity index (χ0v) is 36.6. The van der Waals surface area contributed by atoms with Gasteiger partial charge in [-0.2, -0.15) is 0 Å². The number of carbonyl (C=O) groups is 2. The second-order valence-corrected chi connectivity index (χ2v) is 15.1. The molecule has 8 rings (SSSR count). The van der Waals surface area contributed by atoms with Crippen LogP contribution < -0.4 is 10.2 Å². The third kappa shape index (κ3) is 12.4. The monoisotopic (exact) mass is 890 g/mol. The highest BCUT2D eigenvalue weighted by molar-refractivity contribution is 6.32. The van der Waals surface area contributed by atoms with Gasteiger partial charge in [0.15, 0.2) is 11.0 Å². The molecule has 2 aliphatic rings. The highest BCUT2D eigenvalue weighted by Crippen LogP contribution is 2.33. The minimum atomic E-state index is -0.456. The number of methoxy groups -OCH3 is 4. The van der Waals surface area contributed by atoms with Gasteiger partial charge in [0, 0.05) is 45.0 Å². The highest BCUT2D eigenvalue weighted by Gasteiger charge is 2.25. The summed E-state index contributed by atoms with van der Waals surface area (Å²) in [4.78, 5) is 44.1. The van der Waals surface area contributed by atoms with Gasteiger partial charge in [0.25, 0.3) is 0 Å². The Balaban J connectivity index is 0.000000198. The summed E-state index contributed by atoms with van der Waals surface area (Å²) in [5.74, 6) is 0.402. The number of hydrogen-bond acceptors (Lipinski definition) is 12.